The number of thioether (sulfide) groups is 1. The van der Waals surface area contributed by atoms with Gasteiger partial charge in [0.25, 0.3) is 0 Å². The lowest BCUT2D eigenvalue weighted by atomic mass is 10.1. The van der Waals surface area contributed by atoms with Crippen molar-refractivity contribution < 1.29 is 4.39 Å². The number of hydrogen-bond acceptors (Lipinski definition) is 5. The molecule has 21 heavy (non-hydrogen) atoms. The number of hydrogen-bond donors (Lipinski definition) is 2. The summed E-state index contributed by atoms with van der Waals surface area (Å²) in [6, 6.07) is 6.33. The molecule has 0 radical (unpaired) electrons. The molecule has 0 unspecified atom stereocenters. The van der Waals surface area contributed by atoms with E-state index in [4.69, 9.17) is 0 Å². The van der Waals surface area contributed by atoms with E-state index in [-0.39, 0.29) is 5.82 Å². The number of anilines is 2. The van der Waals surface area contributed by atoms with Gasteiger partial charge in [0.1, 0.15) is 11.6 Å². The van der Waals surface area contributed by atoms with Crippen LogP contribution >= 0.6 is 11.8 Å². The molecule has 0 aliphatic carbocycles. The lowest BCUT2D eigenvalue weighted by molar-refractivity contribution is 0.628. The Morgan fingerprint density at radius 3 is 2.67 bits per heavy atom. The molecule has 0 bridgehead atoms. The van der Waals surface area contributed by atoms with E-state index in [0.29, 0.717) is 0 Å². The van der Waals surface area contributed by atoms with E-state index >= 15 is 0 Å². The van der Waals surface area contributed by atoms with E-state index in [1.165, 1.54) is 23.9 Å². The van der Waals surface area contributed by atoms with Crippen LogP contribution in [0.2, 0.25) is 0 Å². The maximum Gasteiger partial charge on any atom is 0.189 e. The molecule has 0 saturated carbocycles. The standard InChI is InChI=1S/C15H17FN4S/c1-21-15-19-13-7-9-17-8-6-12(13)14(20-15)18-11-4-2-10(16)3-5-11/h2-5,17H,6-9H2,1H3,(H,18,19,20). The van der Waals surface area contributed by atoms with E-state index < -0.39 is 0 Å². The molecule has 0 amide bonds. The van der Waals surface area contributed by atoms with Gasteiger partial charge in [0.15, 0.2) is 5.16 Å². The fraction of sp³-hybridized carbons (Fsp3) is 0.333. The Bertz CT molecular complexity index is 630. The Balaban J connectivity index is 1.97. The highest BCUT2D eigenvalue weighted by molar-refractivity contribution is 7.98. The van der Waals surface area contributed by atoms with Crippen molar-refractivity contribution in [1.82, 2.24) is 15.3 Å². The van der Waals surface area contributed by atoms with Crippen molar-refractivity contribution in [2.75, 3.05) is 24.7 Å². The first-order valence-corrected chi connectivity index (χ1v) is 8.16. The highest BCUT2D eigenvalue weighted by Gasteiger charge is 2.16. The summed E-state index contributed by atoms with van der Waals surface area (Å²) in [6.07, 6.45) is 3.77. The van der Waals surface area contributed by atoms with Crippen molar-refractivity contribution in [3.8, 4) is 0 Å². The van der Waals surface area contributed by atoms with Crippen LogP contribution in [0.1, 0.15) is 11.3 Å². The van der Waals surface area contributed by atoms with Crippen LogP contribution in [0.3, 0.4) is 0 Å². The highest BCUT2D eigenvalue weighted by Crippen LogP contribution is 2.25. The largest absolute Gasteiger partial charge is 0.340 e. The van der Waals surface area contributed by atoms with Crippen LogP contribution in [0.15, 0.2) is 29.4 Å². The third-order valence-electron chi connectivity index (χ3n) is 3.45. The highest BCUT2D eigenvalue weighted by atomic mass is 32.2. The summed E-state index contributed by atoms with van der Waals surface area (Å²) >= 11 is 1.53. The van der Waals surface area contributed by atoms with Gasteiger partial charge in [-0.05, 0) is 43.5 Å². The number of nitrogens with zero attached hydrogens (tertiary/aromatic N) is 2. The average molecular weight is 304 g/mol. The molecule has 3 rings (SSSR count). The molecule has 0 saturated heterocycles. The monoisotopic (exact) mass is 304 g/mol. The topological polar surface area (TPSA) is 49.8 Å². The fourth-order valence-electron chi connectivity index (χ4n) is 2.39. The van der Waals surface area contributed by atoms with Gasteiger partial charge in [-0.15, -0.1) is 0 Å². The van der Waals surface area contributed by atoms with Gasteiger partial charge in [0.2, 0.25) is 0 Å². The van der Waals surface area contributed by atoms with Gasteiger partial charge in [-0.3, -0.25) is 0 Å². The Hall–Kier alpha value is -1.66. The van der Waals surface area contributed by atoms with Crippen molar-refractivity contribution in [3.05, 3.63) is 41.3 Å². The number of fused-ring (bicyclic) bond motifs is 1. The zero-order valence-electron chi connectivity index (χ0n) is 11.8. The first-order valence-electron chi connectivity index (χ1n) is 6.93. The molecule has 2 heterocycles. The third kappa shape index (κ3) is 3.33. The molecule has 0 spiro atoms. The predicted octanol–water partition coefficient (Wildman–Crippen LogP) is 2.77. The summed E-state index contributed by atoms with van der Waals surface area (Å²) < 4.78 is 13.0. The van der Waals surface area contributed by atoms with E-state index in [0.717, 1.165) is 53.9 Å². The van der Waals surface area contributed by atoms with Crippen molar-refractivity contribution in [1.29, 1.82) is 0 Å². The molecule has 0 atom stereocenters. The third-order valence-corrected chi connectivity index (χ3v) is 4.00. The second-order valence-electron chi connectivity index (χ2n) is 4.87. The lowest BCUT2D eigenvalue weighted by Crippen LogP contribution is -2.16. The number of rotatable bonds is 3. The maximum absolute atomic E-state index is 13.0. The van der Waals surface area contributed by atoms with Gasteiger partial charge in [-0.2, -0.15) is 0 Å². The quantitative estimate of drug-likeness (QED) is 0.674. The Morgan fingerprint density at radius 2 is 1.90 bits per heavy atom. The molecule has 0 fully saturated rings. The van der Waals surface area contributed by atoms with Crippen LogP contribution in [0.4, 0.5) is 15.9 Å². The molecular weight excluding hydrogens is 287 g/mol. The van der Waals surface area contributed by atoms with Crippen LogP contribution in [-0.2, 0) is 12.8 Å². The summed E-state index contributed by atoms with van der Waals surface area (Å²) in [5.74, 6) is 0.593. The van der Waals surface area contributed by atoms with Crippen LogP contribution < -0.4 is 10.6 Å². The van der Waals surface area contributed by atoms with Gasteiger partial charge >= 0.3 is 0 Å². The minimum Gasteiger partial charge on any atom is -0.340 e. The zero-order valence-corrected chi connectivity index (χ0v) is 12.6. The van der Waals surface area contributed by atoms with Crippen LogP contribution in [-0.4, -0.2) is 29.3 Å². The Labute approximate surface area is 127 Å². The van der Waals surface area contributed by atoms with Crippen LogP contribution in [0, 0.1) is 5.82 Å². The summed E-state index contributed by atoms with van der Waals surface area (Å²) in [6.45, 7) is 1.86. The normalized spacial score (nSPS) is 14.4. The van der Waals surface area contributed by atoms with Crippen molar-refractivity contribution in [2.24, 2.45) is 0 Å². The first-order chi connectivity index (χ1) is 10.3. The second-order valence-corrected chi connectivity index (χ2v) is 5.64. The average Bonchev–Trinajstić information content (AvgIpc) is 2.75. The van der Waals surface area contributed by atoms with Gasteiger partial charge in [0, 0.05) is 24.2 Å². The van der Waals surface area contributed by atoms with Crippen molar-refractivity contribution in [3.63, 3.8) is 0 Å². The van der Waals surface area contributed by atoms with Crippen molar-refractivity contribution in [2.45, 2.75) is 18.0 Å². The molecule has 6 heteroatoms. The SMILES string of the molecule is CSc1nc2c(c(Nc3ccc(F)cc3)n1)CCNCC2. The summed E-state index contributed by atoms with van der Waals surface area (Å²) in [7, 11) is 0. The molecule has 1 aliphatic heterocycles. The first kappa shape index (κ1) is 14.3. The zero-order chi connectivity index (χ0) is 14.7. The number of benzene rings is 1. The molecule has 110 valence electrons. The van der Waals surface area contributed by atoms with E-state index in [9.17, 15) is 4.39 Å². The summed E-state index contributed by atoms with van der Waals surface area (Å²) in [5, 5.41) is 7.45. The van der Waals surface area contributed by atoms with Gasteiger partial charge in [-0.25, -0.2) is 14.4 Å². The number of nitrogens with one attached hydrogen (secondary N) is 2. The van der Waals surface area contributed by atoms with E-state index in [1.54, 1.807) is 12.1 Å². The minimum absolute atomic E-state index is 0.240. The van der Waals surface area contributed by atoms with E-state index in [2.05, 4.69) is 20.6 Å². The van der Waals surface area contributed by atoms with E-state index in [1.807, 2.05) is 6.26 Å². The summed E-state index contributed by atoms with van der Waals surface area (Å²) in [5.41, 5.74) is 3.09. The molecule has 1 aromatic heterocycles. The van der Waals surface area contributed by atoms with Crippen molar-refractivity contribution >= 4 is 23.3 Å². The van der Waals surface area contributed by atoms with Gasteiger partial charge < -0.3 is 10.6 Å². The molecule has 2 aromatic rings. The molecule has 4 nitrogen and oxygen atoms in total. The molecular formula is C15H17FN4S. The maximum atomic E-state index is 13.0. The number of aromatic nitrogens is 2. The minimum atomic E-state index is -0.240. The molecule has 1 aliphatic rings. The molecule has 2 N–H and O–H groups in total. The smallest absolute Gasteiger partial charge is 0.189 e. The Morgan fingerprint density at radius 1 is 1.14 bits per heavy atom. The van der Waals surface area contributed by atoms with Gasteiger partial charge in [0.05, 0.1) is 5.69 Å². The predicted molar refractivity (Wildman–Crippen MR) is 83.8 cm³/mol. The van der Waals surface area contributed by atoms with Gasteiger partial charge in [-0.1, -0.05) is 11.8 Å². The molecule has 1 aromatic carbocycles. The van der Waals surface area contributed by atoms with Crippen LogP contribution in [0.5, 0.6) is 0 Å². The fourth-order valence-corrected chi connectivity index (χ4v) is 2.77. The van der Waals surface area contributed by atoms with Crippen LogP contribution in [0.25, 0.3) is 0 Å². The second kappa shape index (κ2) is 6.41. The Kier molecular flexibility index (Phi) is 4.36. The number of halogens is 1. The summed E-state index contributed by atoms with van der Waals surface area (Å²) in [4.78, 5) is 9.20. The lowest BCUT2D eigenvalue weighted by Gasteiger charge is -2.14.